The van der Waals surface area contributed by atoms with Gasteiger partial charge < -0.3 is 4.74 Å². The Morgan fingerprint density at radius 2 is 2.27 bits per heavy atom. The van der Waals surface area contributed by atoms with Crippen LogP contribution in [-0.2, 0) is 5.88 Å². The molecule has 0 aliphatic rings. The first kappa shape index (κ1) is 12.2. The number of hydrogen-bond acceptors (Lipinski definition) is 3. The fourth-order valence-electron chi connectivity index (χ4n) is 1.30. The quantitative estimate of drug-likeness (QED) is 0.727. The number of alkyl halides is 1. The highest BCUT2D eigenvalue weighted by Crippen LogP contribution is 2.13. The van der Waals surface area contributed by atoms with Crippen molar-refractivity contribution >= 4 is 11.6 Å². The summed E-state index contributed by atoms with van der Waals surface area (Å²) in [5, 5.41) is 0. The summed E-state index contributed by atoms with van der Waals surface area (Å²) < 4.78 is 5.57. The van der Waals surface area contributed by atoms with Gasteiger partial charge in [0.1, 0.15) is 0 Å². The third kappa shape index (κ3) is 3.67. The summed E-state index contributed by atoms with van der Waals surface area (Å²) in [4.78, 5) is 8.36. The van der Waals surface area contributed by atoms with Crippen molar-refractivity contribution in [3.8, 4) is 6.01 Å². The third-order valence-corrected chi connectivity index (χ3v) is 2.49. The van der Waals surface area contributed by atoms with E-state index in [0.29, 0.717) is 11.9 Å². The van der Waals surface area contributed by atoms with Gasteiger partial charge in [-0.2, -0.15) is 0 Å². The van der Waals surface area contributed by atoms with Crippen LogP contribution in [0.25, 0.3) is 0 Å². The Kier molecular flexibility index (Phi) is 4.82. The summed E-state index contributed by atoms with van der Waals surface area (Å²) in [6.45, 7) is 6.07. The maximum atomic E-state index is 5.72. The normalized spacial score (nSPS) is 12.5. The molecule has 1 aromatic heterocycles. The Labute approximate surface area is 95.8 Å². The Bertz CT molecular complexity index is 317. The Morgan fingerprint density at radius 1 is 1.53 bits per heavy atom. The fourth-order valence-corrected chi connectivity index (χ4v) is 1.57. The molecule has 0 aromatic carbocycles. The molecule has 0 radical (unpaired) electrons. The minimum Gasteiger partial charge on any atom is -0.460 e. The van der Waals surface area contributed by atoms with Gasteiger partial charge >= 0.3 is 6.01 Å². The Morgan fingerprint density at radius 3 is 2.80 bits per heavy atom. The summed E-state index contributed by atoms with van der Waals surface area (Å²) in [5.41, 5.74) is 1.84. The van der Waals surface area contributed by atoms with Crippen molar-refractivity contribution in [1.29, 1.82) is 0 Å². The second kappa shape index (κ2) is 5.91. The molecule has 0 amide bonds. The second-order valence-electron chi connectivity index (χ2n) is 3.61. The molecule has 3 nitrogen and oxygen atoms in total. The molecule has 0 bridgehead atoms. The topological polar surface area (TPSA) is 35.0 Å². The van der Waals surface area contributed by atoms with Gasteiger partial charge in [0.05, 0.1) is 12.0 Å². The predicted octanol–water partition coefficient (Wildman–Crippen LogP) is 3.09. The van der Waals surface area contributed by atoms with Crippen molar-refractivity contribution in [2.45, 2.75) is 45.6 Å². The van der Waals surface area contributed by atoms with Crippen LogP contribution in [0.1, 0.15) is 37.9 Å². The molecule has 0 aliphatic carbocycles. The Hall–Kier alpha value is -0.830. The molecule has 1 aromatic rings. The number of aromatic nitrogens is 2. The van der Waals surface area contributed by atoms with Gasteiger partial charge in [0.25, 0.3) is 0 Å². The number of hydrogen-bond donors (Lipinski definition) is 0. The highest BCUT2D eigenvalue weighted by molar-refractivity contribution is 6.17. The lowest BCUT2D eigenvalue weighted by Crippen LogP contribution is -2.13. The standard InChI is InChI=1S/C11H17ClN2O/c1-4-5-8(2)15-11-13-7-10(6-12)9(3)14-11/h7-8H,4-6H2,1-3H3. The minimum absolute atomic E-state index is 0.163. The molecule has 1 atom stereocenters. The number of aryl methyl sites for hydroxylation is 1. The van der Waals surface area contributed by atoms with Crippen molar-refractivity contribution < 1.29 is 4.74 Å². The van der Waals surface area contributed by atoms with Crippen LogP contribution < -0.4 is 4.74 Å². The molecule has 84 valence electrons. The molecule has 0 aliphatic heterocycles. The van der Waals surface area contributed by atoms with Crippen LogP contribution in [0, 0.1) is 6.92 Å². The molecule has 1 rings (SSSR count). The lowest BCUT2D eigenvalue weighted by Gasteiger charge is -2.12. The van der Waals surface area contributed by atoms with E-state index >= 15 is 0 Å². The van der Waals surface area contributed by atoms with Crippen molar-refractivity contribution in [2.75, 3.05) is 0 Å². The zero-order chi connectivity index (χ0) is 11.3. The first-order valence-electron chi connectivity index (χ1n) is 5.22. The predicted molar refractivity (Wildman–Crippen MR) is 61.3 cm³/mol. The smallest absolute Gasteiger partial charge is 0.316 e. The minimum atomic E-state index is 0.163. The fraction of sp³-hybridized carbons (Fsp3) is 0.636. The van der Waals surface area contributed by atoms with Crippen molar-refractivity contribution in [2.24, 2.45) is 0 Å². The van der Waals surface area contributed by atoms with Gasteiger partial charge in [0, 0.05) is 17.5 Å². The summed E-state index contributed by atoms with van der Waals surface area (Å²) in [6, 6.07) is 0.447. The molecule has 15 heavy (non-hydrogen) atoms. The van der Waals surface area contributed by atoms with Crippen LogP contribution in [-0.4, -0.2) is 16.1 Å². The van der Waals surface area contributed by atoms with Gasteiger partial charge in [-0.05, 0) is 20.3 Å². The SMILES string of the molecule is CCCC(C)Oc1ncc(CCl)c(C)n1. The van der Waals surface area contributed by atoms with E-state index in [1.54, 1.807) is 6.20 Å². The van der Waals surface area contributed by atoms with Gasteiger partial charge in [-0.3, -0.25) is 0 Å². The number of ether oxygens (including phenoxy) is 1. The van der Waals surface area contributed by atoms with Crippen LogP contribution in [0.3, 0.4) is 0 Å². The molecule has 0 saturated carbocycles. The molecule has 1 heterocycles. The largest absolute Gasteiger partial charge is 0.460 e. The van der Waals surface area contributed by atoms with Gasteiger partial charge in [0.15, 0.2) is 0 Å². The van der Waals surface area contributed by atoms with E-state index < -0.39 is 0 Å². The summed E-state index contributed by atoms with van der Waals surface area (Å²) in [7, 11) is 0. The van der Waals surface area contributed by atoms with E-state index in [4.69, 9.17) is 16.3 Å². The van der Waals surface area contributed by atoms with Gasteiger partial charge in [-0.15, -0.1) is 11.6 Å². The van der Waals surface area contributed by atoms with Crippen LogP contribution in [0.15, 0.2) is 6.20 Å². The van der Waals surface area contributed by atoms with E-state index in [9.17, 15) is 0 Å². The highest BCUT2D eigenvalue weighted by Gasteiger charge is 2.07. The molecule has 0 spiro atoms. The maximum Gasteiger partial charge on any atom is 0.316 e. The molecule has 0 fully saturated rings. The third-order valence-electron chi connectivity index (χ3n) is 2.20. The van der Waals surface area contributed by atoms with Crippen LogP contribution >= 0.6 is 11.6 Å². The molecule has 1 unspecified atom stereocenters. The van der Waals surface area contributed by atoms with Crippen LogP contribution in [0.2, 0.25) is 0 Å². The average Bonchev–Trinajstić information content (AvgIpc) is 2.18. The Balaban J connectivity index is 2.66. The van der Waals surface area contributed by atoms with E-state index in [1.807, 2.05) is 13.8 Å². The number of halogens is 1. The monoisotopic (exact) mass is 228 g/mol. The van der Waals surface area contributed by atoms with E-state index in [1.165, 1.54) is 0 Å². The first-order chi connectivity index (χ1) is 7.17. The second-order valence-corrected chi connectivity index (χ2v) is 3.88. The van der Waals surface area contributed by atoms with Crippen LogP contribution in [0.5, 0.6) is 6.01 Å². The maximum absolute atomic E-state index is 5.72. The van der Waals surface area contributed by atoms with E-state index in [0.717, 1.165) is 24.1 Å². The van der Waals surface area contributed by atoms with Gasteiger partial charge in [-0.25, -0.2) is 9.97 Å². The highest BCUT2D eigenvalue weighted by atomic mass is 35.5. The zero-order valence-corrected chi connectivity index (χ0v) is 10.2. The average molecular weight is 229 g/mol. The first-order valence-corrected chi connectivity index (χ1v) is 5.76. The zero-order valence-electron chi connectivity index (χ0n) is 9.46. The van der Waals surface area contributed by atoms with E-state index in [-0.39, 0.29) is 6.10 Å². The number of rotatable bonds is 5. The molecule has 4 heteroatoms. The van der Waals surface area contributed by atoms with Crippen LogP contribution in [0.4, 0.5) is 0 Å². The summed E-state index contributed by atoms with van der Waals surface area (Å²) in [5.74, 6) is 0.441. The van der Waals surface area contributed by atoms with Crippen molar-refractivity contribution in [3.63, 3.8) is 0 Å². The molecular weight excluding hydrogens is 212 g/mol. The number of nitrogens with zero attached hydrogens (tertiary/aromatic N) is 2. The lowest BCUT2D eigenvalue weighted by atomic mass is 10.2. The lowest BCUT2D eigenvalue weighted by molar-refractivity contribution is 0.192. The summed E-state index contributed by atoms with van der Waals surface area (Å²) >= 11 is 5.72. The molecule has 0 N–H and O–H groups in total. The van der Waals surface area contributed by atoms with Gasteiger partial charge in [0.2, 0.25) is 0 Å². The van der Waals surface area contributed by atoms with Crippen molar-refractivity contribution in [3.05, 3.63) is 17.5 Å². The van der Waals surface area contributed by atoms with E-state index in [2.05, 4.69) is 16.9 Å². The summed E-state index contributed by atoms with van der Waals surface area (Å²) in [6.07, 6.45) is 4.00. The van der Waals surface area contributed by atoms with Crippen molar-refractivity contribution in [1.82, 2.24) is 9.97 Å². The molecular formula is C11H17ClN2O. The van der Waals surface area contributed by atoms with Gasteiger partial charge in [-0.1, -0.05) is 13.3 Å². The molecule has 0 saturated heterocycles.